The maximum atomic E-state index is 13.8. The molecule has 5 rings (SSSR count). The quantitative estimate of drug-likeness (QED) is 0.247. The molecule has 1 saturated heterocycles. The molecule has 2 aromatic carbocycles. The van der Waals surface area contributed by atoms with Crippen LogP contribution in [0.1, 0.15) is 49.9 Å². The molecular formula is C34H44N4O6S2. The molecule has 0 radical (unpaired) electrons. The van der Waals surface area contributed by atoms with E-state index in [0.717, 1.165) is 28.0 Å². The standard InChI is InChI=1S/C34H44N4O6S2/c1-34(2,3)36-33(42)28-22-38(46(43,44)30-14-9-17-45-30)16-15-37(28)21-26(39)19-25(18-23-10-5-4-6-11-23)32(41)35-31-27-13-8-7-12-24(27)20-29(31)40/h4-14,17,25-26,28-29,31,39-40H,15-16,18-22H2,1-3H3,(H,35,41)(H,36,42)/t25-,26-,28-,29-,31?/m1/s1. The number of β-amino-alcohol motifs (C(OH)–C–C–N with tert-alkyl or cyclic N) is 1. The van der Waals surface area contributed by atoms with Crippen molar-refractivity contribution in [3.8, 4) is 0 Å². The van der Waals surface area contributed by atoms with Crippen LogP contribution in [0.25, 0.3) is 0 Å². The summed E-state index contributed by atoms with van der Waals surface area (Å²) in [4.78, 5) is 29.1. The lowest BCUT2D eigenvalue weighted by Gasteiger charge is -2.41. The van der Waals surface area contributed by atoms with Crippen LogP contribution in [0.4, 0.5) is 0 Å². The predicted octanol–water partition coefficient (Wildman–Crippen LogP) is 2.72. The van der Waals surface area contributed by atoms with E-state index in [2.05, 4.69) is 10.6 Å². The Balaban J connectivity index is 1.32. The van der Waals surface area contributed by atoms with E-state index in [-0.39, 0.29) is 48.6 Å². The Morgan fingerprint density at radius 1 is 1.02 bits per heavy atom. The molecule has 2 heterocycles. The monoisotopic (exact) mass is 668 g/mol. The predicted molar refractivity (Wildman–Crippen MR) is 178 cm³/mol. The molecule has 1 unspecified atom stereocenters. The van der Waals surface area contributed by atoms with Crippen LogP contribution in [-0.4, -0.2) is 89.6 Å². The van der Waals surface area contributed by atoms with Crippen molar-refractivity contribution in [2.75, 3.05) is 26.2 Å². The molecule has 46 heavy (non-hydrogen) atoms. The number of rotatable bonds is 11. The lowest BCUT2D eigenvalue weighted by Crippen LogP contribution is -2.62. The molecule has 1 aliphatic heterocycles. The van der Waals surface area contributed by atoms with Crippen LogP contribution in [0, 0.1) is 5.92 Å². The summed E-state index contributed by atoms with van der Waals surface area (Å²) < 4.78 is 28.2. The summed E-state index contributed by atoms with van der Waals surface area (Å²) in [5.74, 6) is -1.20. The van der Waals surface area contributed by atoms with Gasteiger partial charge in [0.2, 0.25) is 11.8 Å². The second kappa shape index (κ2) is 14.3. The molecule has 0 saturated carbocycles. The van der Waals surface area contributed by atoms with Gasteiger partial charge in [0.1, 0.15) is 10.3 Å². The number of nitrogens with one attached hydrogen (secondary N) is 2. The van der Waals surface area contributed by atoms with Crippen LogP contribution in [0.3, 0.4) is 0 Å². The van der Waals surface area contributed by atoms with Gasteiger partial charge in [-0.3, -0.25) is 14.5 Å². The van der Waals surface area contributed by atoms with Crippen molar-refractivity contribution in [2.45, 2.75) is 74.1 Å². The molecule has 1 fully saturated rings. The zero-order valence-corrected chi connectivity index (χ0v) is 28.1. The minimum atomic E-state index is -3.77. The van der Waals surface area contributed by atoms with Gasteiger partial charge in [-0.15, -0.1) is 11.3 Å². The average molecular weight is 669 g/mol. The summed E-state index contributed by atoms with van der Waals surface area (Å²) in [6.07, 6.45) is -0.765. The van der Waals surface area contributed by atoms with Gasteiger partial charge < -0.3 is 20.8 Å². The smallest absolute Gasteiger partial charge is 0.252 e. The second-order valence-electron chi connectivity index (χ2n) is 13.3. The van der Waals surface area contributed by atoms with E-state index >= 15 is 0 Å². The summed E-state index contributed by atoms with van der Waals surface area (Å²) in [5.41, 5.74) is 2.29. The van der Waals surface area contributed by atoms with Gasteiger partial charge in [-0.2, -0.15) is 4.31 Å². The highest BCUT2D eigenvalue weighted by atomic mass is 32.2. The molecule has 0 bridgehead atoms. The summed E-state index contributed by atoms with van der Waals surface area (Å²) >= 11 is 1.13. The molecule has 5 atom stereocenters. The number of aliphatic hydroxyl groups is 2. The van der Waals surface area contributed by atoms with Crippen molar-refractivity contribution in [2.24, 2.45) is 5.92 Å². The zero-order valence-electron chi connectivity index (χ0n) is 26.5. The minimum absolute atomic E-state index is 0.0538. The highest BCUT2D eigenvalue weighted by molar-refractivity contribution is 7.91. The van der Waals surface area contributed by atoms with Crippen LogP contribution in [0.5, 0.6) is 0 Å². The Bertz CT molecular complexity index is 1590. The van der Waals surface area contributed by atoms with Crippen molar-refractivity contribution >= 4 is 33.2 Å². The van der Waals surface area contributed by atoms with Gasteiger partial charge in [0.15, 0.2) is 0 Å². The van der Waals surface area contributed by atoms with Crippen molar-refractivity contribution in [1.82, 2.24) is 19.8 Å². The SMILES string of the molecule is CC(C)(C)NC(=O)[C@H]1CN(S(=O)(=O)c2cccs2)CCN1C[C@H](O)C[C@@H](Cc1ccccc1)C(=O)NC1c2ccccc2C[C@H]1O. The normalized spacial score (nSPS) is 22.2. The van der Waals surface area contributed by atoms with Crippen molar-refractivity contribution in [3.05, 3.63) is 88.8 Å². The Morgan fingerprint density at radius 3 is 2.43 bits per heavy atom. The molecule has 1 aliphatic carbocycles. The number of carbonyl (C=O) groups is 2. The summed E-state index contributed by atoms with van der Waals surface area (Å²) in [6, 6.07) is 19.1. The zero-order chi connectivity index (χ0) is 33.1. The van der Waals surface area contributed by atoms with Gasteiger partial charge in [0.25, 0.3) is 10.0 Å². The van der Waals surface area contributed by atoms with Crippen LogP contribution in [0.15, 0.2) is 76.3 Å². The first kappa shape index (κ1) is 34.2. The number of hydrogen-bond acceptors (Lipinski definition) is 8. The number of aliphatic hydroxyl groups excluding tert-OH is 2. The number of thiophene rings is 1. The molecule has 3 aromatic rings. The fourth-order valence-electron chi connectivity index (χ4n) is 6.35. The fraction of sp³-hybridized carbons (Fsp3) is 0.471. The highest BCUT2D eigenvalue weighted by Crippen LogP contribution is 2.32. The van der Waals surface area contributed by atoms with E-state index in [1.807, 2.05) is 80.3 Å². The van der Waals surface area contributed by atoms with Crippen LogP contribution in [0.2, 0.25) is 0 Å². The number of hydrogen-bond donors (Lipinski definition) is 4. The van der Waals surface area contributed by atoms with E-state index < -0.39 is 45.8 Å². The first-order valence-corrected chi connectivity index (χ1v) is 18.0. The van der Waals surface area contributed by atoms with E-state index in [4.69, 9.17) is 0 Å². The van der Waals surface area contributed by atoms with Gasteiger partial charge >= 0.3 is 0 Å². The third-order valence-electron chi connectivity index (χ3n) is 8.54. The number of nitrogens with zero attached hydrogens (tertiary/aromatic N) is 2. The van der Waals surface area contributed by atoms with E-state index in [1.54, 1.807) is 17.5 Å². The van der Waals surface area contributed by atoms with Gasteiger partial charge in [-0.25, -0.2) is 8.42 Å². The highest BCUT2D eigenvalue weighted by Gasteiger charge is 2.40. The molecule has 4 N–H and O–H groups in total. The van der Waals surface area contributed by atoms with Crippen molar-refractivity contribution < 1.29 is 28.2 Å². The van der Waals surface area contributed by atoms with E-state index in [1.165, 1.54) is 4.31 Å². The van der Waals surface area contributed by atoms with Gasteiger partial charge in [-0.05, 0) is 61.7 Å². The van der Waals surface area contributed by atoms with Gasteiger partial charge in [-0.1, -0.05) is 60.7 Å². The molecule has 12 heteroatoms. The second-order valence-corrected chi connectivity index (χ2v) is 16.4. The molecule has 1 aromatic heterocycles. The third-order valence-corrected chi connectivity index (χ3v) is 11.8. The first-order chi connectivity index (χ1) is 21.8. The van der Waals surface area contributed by atoms with Crippen LogP contribution < -0.4 is 10.6 Å². The third kappa shape index (κ3) is 8.23. The average Bonchev–Trinajstić information content (AvgIpc) is 3.66. The number of piperazine rings is 1. The molecule has 2 amide bonds. The summed E-state index contributed by atoms with van der Waals surface area (Å²) in [7, 11) is -3.77. The Hall–Kier alpha value is -3.13. The fourth-order valence-corrected chi connectivity index (χ4v) is 8.93. The number of amides is 2. The largest absolute Gasteiger partial charge is 0.392 e. The maximum absolute atomic E-state index is 13.8. The number of sulfonamides is 1. The van der Waals surface area contributed by atoms with Gasteiger partial charge in [0, 0.05) is 44.1 Å². The van der Waals surface area contributed by atoms with Crippen molar-refractivity contribution in [1.29, 1.82) is 0 Å². The summed E-state index contributed by atoms with van der Waals surface area (Å²) in [5, 5.41) is 30.0. The lowest BCUT2D eigenvalue weighted by atomic mass is 9.91. The maximum Gasteiger partial charge on any atom is 0.252 e. The molecular weight excluding hydrogens is 625 g/mol. The van der Waals surface area contributed by atoms with E-state index in [9.17, 15) is 28.2 Å². The molecule has 2 aliphatic rings. The minimum Gasteiger partial charge on any atom is -0.392 e. The molecule has 248 valence electrons. The topological polar surface area (TPSA) is 139 Å². The van der Waals surface area contributed by atoms with E-state index in [0.29, 0.717) is 12.8 Å². The molecule has 10 nitrogen and oxygen atoms in total. The van der Waals surface area contributed by atoms with Gasteiger partial charge in [0.05, 0.1) is 18.2 Å². The van der Waals surface area contributed by atoms with Crippen LogP contribution >= 0.6 is 11.3 Å². The Kier molecular flexibility index (Phi) is 10.7. The lowest BCUT2D eigenvalue weighted by molar-refractivity contribution is -0.131. The Labute approximate surface area is 275 Å². The number of carbonyl (C=O) groups excluding carboxylic acids is 2. The molecule has 0 spiro atoms. The number of benzene rings is 2. The Morgan fingerprint density at radius 2 is 1.74 bits per heavy atom. The number of fused-ring (bicyclic) bond motifs is 1. The summed E-state index contributed by atoms with van der Waals surface area (Å²) in [6.45, 7) is 6.02. The van der Waals surface area contributed by atoms with Crippen LogP contribution in [-0.2, 0) is 32.5 Å². The first-order valence-electron chi connectivity index (χ1n) is 15.7. The van der Waals surface area contributed by atoms with Crippen molar-refractivity contribution in [3.63, 3.8) is 0 Å².